The first kappa shape index (κ1) is 28.1. The van der Waals surface area contributed by atoms with Gasteiger partial charge in [-0.05, 0) is 70.3 Å². The van der Waals surface area contributed by atoms with Gasteiger partial charge in [0, 0.05) is 77.3 Å². The maximum Gasteiger partial charge on any atom is 0.245 e. The molecular formula is C32H43ClN8O. The second kappa shape index (κ2) is 10.5. The Morgan fingerprint density at radius 2 is 2.05 bits per heavy atom. The molecule has 4 heterocycles. The Hall–Kier alpha value is -2.72. The zero-order valence-electron chi connectivity index (χ0n) is 25.2. The molecule has 0 radical (unpaired) electrons. The summed E-state index contributed by atoms with van der Waals surface area (Å²) >= 11 is 7.34. The smallest absolute Gasteiger partial charge is 0.245 e. The number of aromatic nitrogens is 4. The van der Waals surface area contributed by atoms with Gasteiger partial charge < -0.3 is 9.80 Å². The minimum absolute atomic E-state index is 0.0391. The highest BCUT2D eigenvalue weighted by Crippen LogP contribution is 2.56. The van der Waals surface area contributed by atoms with E-state index in [9.17, 15) is 4.79 Å². The quantitative estimate of drug-likeness (QED) is 0.320. The van der Waals surface area contributed by atoms with Crippen LogP contribution >= 0.6 is 11.6 Å². The van der Waals surface area contributed by atoms with Crippen LogP contribution in [0, 0.1) is 24.2 Å². The highest BCUT2D eigenvalue weighted by molar-refractivity contribution is 6.21. The number of carbonyl (C=O) groups is 1. The fourth-order valence-corrected chi connectivity index (χ4v) is 8.64. The molecule has 2 aliphatic carbocycles. The van der Waals surface area contributed by atoms with Crippen LogP contribution in [0.3, 0.4) is 0 Å². The summed E-state index contributed by atoms with van der Waals surface area (Å²) in [6.45, 7) is 12.5. The number of likely N-dealkylation sites (tertiary alicyclic amines) is 1. The van der Waals surface area contributed by atoms with E-state index in [-0.39, 0.29) is 22.6 Å². The predicted molar refractivity (Wildman–Crippen MR) is 166 cm³/mol. The molecule has 5 atom stereocenters. The Labute approximate surface area is 253 Å². The molecule has 42 heavy (non-hydrogen) atoms. The topological polar surface area (TPSA) is 83.2 Å². The van der Waals surface area contributed by atoms with Crippen LogP contribution in [0.2, 0.25) is 0 Å². The minimum atomic E-state index is 0.0391. The molecule has 10 heteroatoms. The number of hydrogen-bond acceptors (Lipinski definition) is 6. The number of benzene rings is 1. The third-order valence-electron chi connectivity index (χ3n) is 10.5. The summed E-state index contributed by atoms with van der Waals surface area (Å²) in [4.78, 5) is 16.2. The zero-order valence-corrected chi connectivity index (χ0v) is 25.9. The standard InChI is InChI=1S/C32H43ClN8O/c1-6-27(42)39-17-32(18-39)13-23(14-32)41-20(3)28(29-24-15-34-35-26(24)11-19(2)30(29)33)31(37-41)21-7-8-25-22(12-21)16-40(36-25)10-9-38(4)5/h6-8,12,16,19,23-24,26,29-30,34-35H,1,9-11,13-15,17-18H2,2-5H3. The number of hydrazine groups is 1. The molecule has 2 aliphatic heterocycles. The maximum atomic E-state index is 12.1. The number of halogens is 1. The van der Waals surface area contributed by atoms with Crippen LogP contribution in [-0.2, 0) is 11.3 Å². The van der Waals surface area contributed by atoms with Gasteiger partial charge in [0.15, 0.2) is 0 Å². The average Bonchev–Trinajstić information content (AvgIpc) is 3.63. The Morgan fingerprint density at radius 1 is 1.26 bits per heavy atom. The number of carbonyl (C=O) groups excluding carboxylic acids is 1. The molecule has 5 unspecified atom stereocenters. The lowest BCUT2D eigenvalue weighted by Gasteiger charge is -2.58. The Morgan fingerprint density at radius 3 is 2.79 bits per heavy atom. The van der Waals surface area contributed by atoms with Gasteiger partial charge in [-0.3, -0.25) is 25.0 Å². The van der Waals surface area contributed by atoms with E-state index < -0.39 is 0 Å². The number of alkyl halides is 1. The normalized spacial score (nSPS) is 28.7. The summed E-state index contributed by atoms with van der Waals surface area (Å²) in [6.07, 6.45) is 6.76. The molecule has 1 amide bonds. The van der Waals surface area contributed by atoms with E-state index in [0.717, 1.165) is 74.1 Å². The fraction of sp³-hybridized carbons (Fsp3) is 0.594. The highest BCUT2D eigenvalue weighted by atomic mass is 35.5. The van der Waals surface area contributed by atoms with Crippen molar-refractivity contribution in [1.82, 2.24) is 40.2 Å². The molecule has 1 spiro atoms. The minimum Gasteiger partial charge on any atom is -0.338 e. The van der Waals surface area contributed by atoms with E-state index in [2.05, 4.69) is 79.4 Å². The third-order valence-corrected chi connectivity index (χ3v) is 11.2. The number of nitrogens with zero attached hydrogens (tertiary/aromatic N) is 6. The number of nitrogens with one attached hydrogen (secondary N) is 2. The molecule has 7 rings (SSSR count). The molecule has 2 N–H and O–H groups in total. The predicted octanol–water partition coefficient (Wildman–Crippen LogP) is 3.94. The molecule has 3 aromatic rings. The van der Waals surface area contributed by atoms with Crippen molar-refractivity contribution in [2.75, 3.05) is 40.3 Å². The van der Waals surface area contributed by atoms with Crippen molar-refractivity contribution in [3.8, 4) is 11.3 Å². The van der Waals surface area contributed by atoms with Gasteiger partial charge in [0.05, 0.1) is 23.8 Å². The van der Waals surface area contributed by atoms with Crippen LogP contribution in [0.4, 0.5) is 0 Å². The summed E-state index contributed by atoms with van der Waals surface area (Å²) in [6, 6.07) is 7.32. The van der Waals surface area contributed by atoms with Crippen LogP contribution in [0.15, 0.2) is 37.1 Å². The van der Waals surface area contributed by atoms with Crippen molar-refractivity contribution >= 4 is 28.4 Å². The number of fused-ring (bicyclic) bond motifs is 2. The summed E-state index contributed by atoms with van der Waals surface area (Å²) in [5, 5.41) is 11.4. The monoisotopic (exact) mass is 590 g/mol. The van der Waals surface area contributed by atoms with Crippen LogP contribution in [-0.4, -0.2) is 87.0 Å². The summed E-state index contributed by atoms with van der Waals surface area (Å²) < 4.78 is 4.34. The molecule has 4 fully saturated rings. The van der Waals surface area contributed by atoms with Crippen molar-refractivity contribution in [2.45, 2.75) is 63.0 Å². The van der Waals surface area contributed by atoms with Crippen molar-refractivity contribution < 1.29 is 4.79 Å². The van der Waals surface area contributed by atoms with Crippen LogP contribution in [0.5, 0.6) is 0 Å². The maximum absolute atomic E-state index is 12.1. The fourth-order valence-electron chi connectivity index (χ4n) is 8.22. The number of amides is 1. The Bertz CT molecular complexity index is 1510. The van der Waals surface area contributed by atoms with E-state index in [0.29, 0.717) is 23.9 Å². The first-order valence-electron chi connectivity index (χ1n) is 15.4. The molecule has 2 aromatic heterocycles. The van der Waals surface area contributed by atoms with E-state index in [4.69, 9.17) is 21.8 Å². The van der Waals surface area contributed by atoms with E-state index >= 15 is 0 Å². The molecule has 9 nitrogen and oxygen atoms in total. The van der Waals surface area contributed by atoms with Gasteiger partial charge in [-0.25, -0.2) is 0 Å². The third kappa shape index (κ3) is 4.60. The van der Waals surface area contributed by atoms with Gasteiger partial charge in [-0.2, -0.15) is 10.2 Å². The van der Waals surface area contributed by atoms with Crippen LogP contribution in [0.1, 0.15) is 49.4 Å². The molecule has 4 aliphatic rings. The lowest BCUT2D eigenvalue weighted by atomic mass is 9.60. The molecule has 224 valence electrons. The van der Waals surface area contributed by atoms with Crippen molar-refractivity contribution in [1.29, 1.82) is 0 Å². The largest absolute Gasteiger partial charge is 0.338 e. The molecule has 2 saturated carbocycles. The summed E-state index contributed by atoms with van der Waals surface area (Å²) in [5.41, 5.74) is 12.9. The number of rotatable bonds is 7. The molecule has 2 saturated heterocycles. The number of hydrogen-bond donors (Lipinski definition) is 2. The molecule has 1 aromatic carbocycles. The van der Waals surface area contributed by atoms with Gasteiger partial charge in [-0.1, -0.05) is 19.6 Å². The van der Waals surface area contributed by atoms with E-state index in [1.165, 1.54) is 17.3 Å². The van der Waals surface area contributed by atoms with Crippen molar-refractivity contribution in [3.63, 3.8) is 0 Å². The van der Waals surface area contributed by atoms with Crippen molar-refractivity contribution in [3.05, 3.63) is 48.3 Å². The molecular weight excluding hydrogens is 548 g/mol. The lowest BCUT2D eigenvalue weighted by Crippen LogP contribution is -2.63. The van der Waals surface area contributed by atoms with E-state index in [1.807, 2.05) is 9.58 Å². The number of likely N-dealkylation sites (N-methyl/N-ethyl adjacent to an activating group) is 1. The lowest BCUT2D eigenvalue weighted by molar-refractivity contribution is -0.149. The van der Waals surface area contributed by atoms with Gasteiger partial charge in [0.2, 0.25) is 5.91 Å². The summed E-state index contributed by atoms with van der Waals surface area (Å²) in [5.74, 6) is 1.05. The Kier molecular flexibility index (Phi) is 7.00. The van der Waals surface area contributed by atoms with Crippen LogP contribution in [0.25, 0.3) is 22.2 Å². The van der Waals surface area contributed by atoms with Gasteiger partial charge in [0.25, 0.3) is 0 Å². The summed E-state index contributed by atoms with van der Waals surface area (Å²) in [7, 11) is 4.17. The van der Waals surface area contributed by atoms with Gasteiger partial charge in [-0.15, -0.1) is 11.6 Å². The van der Waals surface area contributed by atoms with Gasteiger partial charge >= 0.3 is 0 Å². The Balaban J connectivity index is 1.26. The average molecular weight is 591 g/mol. The molecule has 0 bridgehead atoms. The van der Waals surface area contributed by atoms with Crippen LogP contribution < -0.4 is 10.9 Å². The highest BCUT2D eigenvalue weighted by Gasteiger charge is 2.55. The second-order valence-electron chi connectivity index (χ2n) is 13.7. The first-order chi connectivity index (χ1) is 20.2. The van der Waals surface area contributed by atoms with E-state index in [1.54, 1.807) is 0 Å². The SMILES string of the molecule is C=CC(=O)N1CC2(CC(n3nc(-c4ccc5nn(CCN(C)C)cc5c4)c(C4C(Cl)C(C)CC5NNCC54)c3C)C2)C1. The van der Waals surface area contributed by atoms with Gasteiger partial charge in [0.1, 0.15) is 0 Å². The van der Waals surface area contributed by atoms with Crippen molar-refractivity contribution in [2.24, 2.45) is 17.3 Å². The second-order valence-corrected chi connectivity index (χ2v) is 14.2. The first-order valence-corrected chi connectivity index (χ1v) is 15.8. The zero-order chi connectivity index (χ0) is 29.3.